The zero-order valence-electron chi connectivity index (χ0n) is 41.9. The predicted octanol–water partition coefficient (Wildman–Crippen LogP) is 19.1. The van der Waals surface area contributed by atoms with Crippen LogP contribution >= 0.6 is 0 Å². The molecule has 0 saturated carbocycles. The summed E-state index contributed by atoms with van der Waals surface area (Å²) in [5, 5.41) is 0. The lowest BCUT2D eigenvalue weighted by Gasteiger charge is -2.39. The molecule has 0 bridgehead atoms. The lowest BCUT2D eigenvalue weighted by atomic mass is 9.66. The maximum absolute atomic E-state index is 6.68. The molecule has 2 spiro atoms. The SMILES string of the molecule is c1ccc(-c2cccc(N(c3cccc(-c4ccc5c(c4)-c4ccccc4C54c5ccccc5Oc5ccccc54)c3)c3cccc(-c4cccc5c4-c4ccccc4C54c5ccccc5Oc5ccccc54)c3)c2)cc1. The lowest BCUT2D eigenvalue weighted by Crippen LogP contribution is -2.32. The standard InChI is InChI=1S/C74H47NO2/c1-2-20-48(21-3-1)49-22-16-25-53(44-49)75(54-26-17-23-50(45-54)51-42-43-62-59(47-51)57-28-4-6-31-60(57)73(62)63-33-8-12-38-68(63)76-69-39-13-9-34-64(69)73)55-27-18-24-52(46-55)56-30-19-37-67-72(56)58-29-5-7-32-61(58)74(67)65-35-10-14-40-70(65)77-71-41-15-11-36-66(71)74/h1-47H. The average molecular weight is 982 g/mol. The van der Waals surface area contributed by atoms with Crippen molar-refractivity contribution in [3.8, 4) is 78.6 Å². The number of hydrogen-bond donors (Lipinski definition) is 0. The summed E-state index contributed by atoms with van der Waals surface area (Å²) >= 11 is 0. The third-order valence-corrected chi connectivity index (χ3v) is 16.8. The van der Waals surface area contributed by atoms with Crippen molar-refractivity contribution in [1.82, 2.24) is 0 Å². The third-order valence-electron chi connectivity index (χ3n) is 16.8. The summed E-state index contributed by atoms with van der Waals surface area (Å²) in [5.41, 5.74) is 23.8. The molecule has 0 atom stereocenters. The molecule has 2 aliphatic carbocycles. The molecular formula is C74H47NO2. The van der Waals surface area contributed by atoms with Crippen molar-refractivity contribution in [1.29, 1.82) is 0 Å². The van der Waals surface area contributed by atoms with Crippen molar-refractivity contribution < 1.29 is 9.47 Å². The second-order valence-electron chi connectivity index (χ2n) is 20.6. The molecule has 0 saturated heterocycles. The van der Waals surface area contributed by atoms with Crippen LogP contribution in [0.15, 0.2) is 285 Å². The van der Waals surface area contributed by atoms with Gasteiger partial charge in [0.05, 0.1) is 10.8 Å². The Morgan fingerprint density at radius 3 is 1.16 bits per heavy atom. The van der Waals surface area contributed by atoms with Crippen LogP contribution in [-0.2, 0) is 10.8 Å². The Hall–Kier alpha value is -9.96. The fourth-order valence-electron chi connectivity index (χ4n) is 13.7. The Morgan fingerprint density at radius 2 is 0.584 bits per heavy atom. The summed E-state index contributed by atoms with van der Waals surface area (Å²) in [6.07, 6.45) is 0. The first-order valence-electron chi connectivity index (χ1n) is 26.6. The molecule has 360 valence electrons. The van der Waals surface area contributed by atoms with Gasteiger partial charge in [0.15, 0.2) is 0 Å². The number of nitrogens with zero attached hydrogens (tertiary/aromatic N) is 1. The molecule has 2 heterocycles. The van der Waals surface area contributed by atoms with Gasteiger partial charge in [0.1, 0.15) is 23.0 Å². The van der Waals surface area contributed by atoms with E-state index in [0.29, 0.717) is 0 Å². The highest BCUT2D eigenvalue weighted by Crippen LogP contribution is 2.65. The summed E-state index contributed by atoms with van der Waals surface area (Å²) < 4.78 is 13.3. The highest BCUT2D eigenvalue weighted by Gasteiger charge is 2.53. The van der Waals surface area contributed by atoms with Gasteiger partial charge >= 0.3 is 0 Å². The van der Waals surface area contributed by atoms with Crippen LogP contribution in [-0.4, -0.2) is 0 Å². The van der Waals surface area contributed by atoms with E-state index in [0.717, 1.165) is 73.4 Å². The highest BCUT2D eigenvalue weighted by atomic mass is 16.5. The van der Waals surface area contributed by atoms with E-state index in [4.69, 9.17) is 9.47 Å². The Balaban J connectivity index is 0.864. The predicted molar refractivity (Wildman–Crippen MR) is 312 cm³/mol. The van der Waals surface area contributed by atoms with Gasteiger partial charge in [-0.3, -0.25) is 0 Å². The van der Waals surface area contributed by atoms with E-state index in [1.807, 2.05) is 0 Å². The fraction of sp³-hybridized carbons (Fsp3) is 0.0270. The Labute approximate surface area is 448 Å². The van der Waals surface area contributed by atoms with Crippen molar-refractivity contribution in [2.24, 2.45) is 0 Å². The molecule has 0 amide bonds. The molecule has 0 radical (unpaired) electrons. The van der Waals surface area contributed by atoms with E-state index in [-0.39, 0.29) is 0 Å². The number of para-hydroxylation sites is 4. The van der Waals surface area contributed by atoms with Gasteiger partial charge in [0.2, 0.25) is 0 Å². The summed E-state index contributed by atoms with van der Waals surface area (Å²) in [6, 6.07) is 104. The van der Waals surface area contributed by atoms with E-state index < -0.39 is 10.8 Å². The molecule has 0 fully saturated rings. The van der Waals surface area contributed by atoms with Gasteiger partial charge < -0.3 is 14.4 Å². The Kier molecular flexibility index (Phi) is 9.47. The minimum Gasteiger partial charge on any atom is -0.457 e. The number of hydrogen-bond acceptors (Lipinski definition) is 3. The van der Waals surface area contributed by atoms with Gasteiger partial charge in [0.25, 0.3) is 0 Å². The van der Waals surface area contributed by atoms with E-state index >= 15 is 0 Å². The quantitative estimate of drug-likeness (QED) is 0.166. The maximum Gasteiger partial charge on any atom is 0.132 e. The Morgan fingerprint density at radius 1 is 0.221 bits per heavy atom. The molecule has 2 aliphatic heterocycles. The molecule has 77 heavy (non-hydrogen) atoms. The fourth-order valence-corrected chi connectivity index (χ4v) is 13.7. The molecule has 3 heteroatoms. The normalized spacial score (nSPS) is 13.9. The summed E-state index contributed by atoms with van der Waals surface area (Å²) in [4.78, 5) is 2.43. The molecule has 4 aliphatic rings. The van der Waals surface area contributed by atoms with Gasteiger partial charge in [-0.25, -0.2) is 0 Å². The molecule has 16 rings (SSSR count). The van der Waals surface area contributed by atoms with Crippen molar-refractivity contribution in [2.45, 2.75) is 10.8 Å². The number of benzene rings is 12. The van der Waals surface area contributed by atoms with Crippen LogP contribution in [0.4, 0.5) is 17.1 Å². The van der Waals surface area contributed by atoms with Crippen LogP contribution in [0, 0.1) is 0 Å². The van der Waals surface area contributed by atoms with Crippen LogP contribution in [0.25, 0.3) is 55.6 Å². The molecule has 12 aromatic carbocycles. The summed E-state index contributed by atoms with van der Waals surface area (Å²) in [7, 11) is 0. The highest BCUT2D eigenvalue weighted by molar-refractivity contribution is 5.98. The van der Waals surface area contributed by atoms with E-state index in [2.05, 4.69) is 290 Å². The molecule has 12 aromatic rings. The first-order valence-corrected chi connectivity index (χ1v) is 26.6. The first kappa shape index (κ1) is 43.4. The Bertz CT molecular complexity index is 4290. The number of anilines is 3. The largest absolute Gasteiger partial charge is 0.457 e. The lowest BCUT2D eigenvalue weighted by molar-refractivity contribution is 0.436. The second-order valence-corrected chi connectivity index (χ2v) is 20.6. The topological polar surface area (TPSA) is 21.7 Å². The van der Waals surface area contributed by atoms with Gasteiger partial charge in [-0.1, -0.05) is 218 Å². The third kappa shape index (κ3) is 6.20. The van der Waals surface area contributed by atoms with Gasteiger partial charge in [0, 0.05) is 39.3 Å². The van der Waals surface area contributed by atoms with Crippen molar-refractivity contribution in [3.63, 3.8) is 0 Å². The van der Waals surface area contributed by atoms with Crippen molar-refractivity contribution >= 4 is 17.1 Å². The van der Waals surface area contributed by atoms with Crippen LogP contribution in [0.5, 0.6) is 23.0 Å². The number of rotatable bonds is 6. The zero-order chi connectivity index (χ0) is 50.7. The number of ether oxygens (including phenoxy) is 2. The van der Waals surface area contributed by atoms with Crippen LogP contribution in [0.2, 0.25) is 0 Å². The summed E-state index contributed by atoms with van der Waals surface area (Å²) in [5.74, 6) is 3.57. The van der Waals surface area contributed by atoms with Crippen molar-refractivity contribution in [3.05, 3.63) is 330 Å². The van der Waals surface area contributed by atoms with Gasteiger partial charge in [-0.15, -0.1) is 0 Å². The van der Waals surface area contributed by atoms with Gasteiger partial charge in [-0.05, 0) is 145 Å². The van der Waals surface area contributed by atoms with E-state index in [9.17, 15) is 0 Å². The first-order chi connectivity index (χ1) is 38.2. The van der Waals surface area contributed by atoms with Crippen LogP contribution in [0.3, 0.4) is 0 Å². The maximum atomic E-state index is 6.68. The molecule has 3 nitrogen and oxygen atoms in total. The zero-order valence-corrected chi connectivity index (χ0v) is 41.9. The minimum absolute atomic E-state index is 0.523. The van der Waals surface area contributed by atoms with Gasteiger partial charge in [-0.2, -0.15) is 0 Å². The number of fused-ring (bicyclic) bond motifs is 18. The molecule has 0 N–H and O–H groups in total. The second kappa shape index (κ2) is 16.8. The monoisotopic (exact) mass is 981 g/mol. The van der Waals surface area contributed by atoms with E-state index in [1.165, 1.54) is 66.8 Å². The smallest absolute Gasteiger partial charge is 0.132 e. The molecular weight excluding hydrogens is 935 g/mol. The van der Waals surface area contributed by atoms with E-state index in [1.54, 1.807) is 0 Å². The summed E-state index contributed by atoms with van der Waals surface area (Å²) in [6.45, 7) is 0. The molecule has 0 aromatic heterocycles. The molecule has 0 unspecified atom stereocenters. The van der Waals surface area contributed by atoms with Crippen LogP contribution < -0.4 is 14.4 Å². The van der Waals surface area contributed by atoms with Crippen molar-refractivity contribution in [2.75, 3.05) is 4.90 Å². The minimum atomic E-state index is -0.560. The average Bonchev–Trinajstić information content (AvgIpc) is 4.17. The van der Waals surface area contributed by atoms with Crippen LogP contribution in [0.1, 0.15) is 44.5 Å².